The predicted molar refractivity (Wildman–Crippen MR) is 53.0 cm³/mol. The Bertz CT molecular complexity index is 612. The molecule has 2 heterocycles. The van der Waals surface area contributed by atoms with Gasteiger partial charge in [-0.25, -0.2) is 4.98 Å². The molecule has 0 saturated heterocycles. The molecule has 0 saturated carbocycles. The van der Waals surface area contributed by atoms with Crippen molar-refractivity contribution in [2.24, 2.45) is 0 Å². The lowest BCUT2D eigenvalue weighted by Gasteiger charge is -2.00. The van der Waals surface area contributed by atoms with Gasteiger partial charge in [0.1, 0.15) is 5.52 Å². The second-order valence-corrected chi connectivity index (χ2v) is 3.29. The number of hydrogen-bond donors (Lipinski definition) is 0. The van der Waals surface area contributed by atoms with Crippen molar-refractivity contribution in [1.82, 2.24) is 19.6 Å². The maximum absolute atomic E-state index is 4.11. The summed E-state index contributed by atoms with van der Waals surface area (Å²) < 4.78 is 1.93. The highest BCUT2D eigenvalue weighted by molar-refractivity contribution is 5.76. The first-order chi connectivity index (χ1) is 6.84. The highest BCUT2D eigenvalue weighted by Crippen LogP contribution is 2.13. The number of aryl methyl sites for hydroxylation is 1. The van der Waals surface area contributed by atoms with Crippen LogP contribution in [0.2, 0.25) is 0 Å². The third kappa shape index (κ3) is 0.907. The molecule has 3 rings (SSSR count). The molecule has 3 aromatic rings. The summed E-state index contributed by atoms with van der Waals surface area (Å²) in [5.41, 5.74) is 3.12. The van der Waals surface area contributed by atoms with Crippen molar-refractivity contribution in [2.75, 3.05) is 0 Å². The Hall–Kier alpha value is -1.97. The summed E-state index contributed by atoms with van der Waals surface area (Å²) in [6.45, 7) is 2.04. The Morgan fingerprint density at radius 2 is 2.14 bits per heavy atom. The van der Waals surface area contributed by atoms with E-state index in [1.165, 1.54) is 5.56 Å². The molecule has 4 nitrogen and oxygen atoms in total. The van der Waals surface area contributed by atoms with Gasteiger partial charge in [-0.1, -0.05) is 6.07 Å². The van der Waals surface area contributed by atoms with Crippen molar-refractivity contribution in [2.45, 2.75) is 6.92 Å². The van der Waals surface area contributed by atoms with Crippen LogP contribution in [-0.2, 0) is 0 Å². The Morgan fingerprint density at radius 1 is 1.21 bits per heavy atom. The molecule has 0 aliphatic heterocycles. The first kappa shape index (κ1) is 7.44. The molecule has 4 heteroatoms. The van der Waals surface area contributed by atoms with E-state index in [9.17, 15) is 0 Å². The molecule has 68 valence electrons. The molecule has 0 aliphatic rings. The molecule has 14 heavy (non-hydrogen) atoms. The van der Waals surface area contributed by atoms with Gasteiger partial charge in [0, 0.05) is 12.4 Å². The molecule has 0 bridgehead atoms. The fraction of sp³-hybridized carbons (Fsp3) is 0.100. The fourth-order valence-corrected chi connectivity index (χ4v) is 1.57. The van der Waals surface area contributed by atoms with Crippen LogP contribution < -0.4 is 0 Å². The van der Waals surface area contributed by atoms with E-state index in [2.05, 4.69) is 21.2 Å². The monoisotopic (exact) mass is 184 g/mol. The zero-order valence-corrected chi connectivity index (χ0v) is 7.68. The van der Waals surface area contributed by atoms with Crippen molar-refractivity contribution in [3.05, 3.63) is 36.2 Å². The molecular weight excluding hydrogens is 176 g/mol. The van der Waals surface area contributed by atoms with E-state index < -0.39 is 0 Å². The summed E-state index contributed by atoms with van der Waals surface area (Å²) in [5.74, 6) is 0.640. The number of rotatable bonds is 0. The standard InChI is InChI=1S/C10H8N4/c1-7-2-3-9-8(6-7)12-13-10-11-4-5-14(9)10/h2-6H,1H3. The number of hydrogen-bond acceptors (Lipinski definition) is 3. The summed E-state index contributed by atoms with van der Waals surface area (Å²) in [6.07, 6.45) is 3.62. The first-order valence-electron chi connectivity index (χ1n) is 4.41. The normalized spacial score (nSPS) is 11.2. The van der Waals surface area contributed by atoms with Crippen LogP contribution in [0.5, 0.6) is 0 Å². The highest BCUT2D eigenvalue weighted by Gasteiger charge is 2.02. The van der Waals surface area contributed by atoms with Crippen molar-refractivity contribution in [3.63, 3.8) is 0 Å². The SMILES string of the molecule is Cc1ccc2c(c1)nnc1nccn12. The number of aromatic nitrogens is 4. The molecule has 0 fully saturated rings. The highest BCUT2D eigenvalue weighted by atomic mass is 15.2. The lowest BCUT2D eigenvalue weighted by atomic mass is 10.2. The van der Waals surface area contributed by atoms with Gasteiger partial charge >= 0.3 is 0 Å². The van der Waals surface area contributed by atoms with Gasteiger partial charge in [0.2, 0.25) is 0 Å². The predicted octanol–water partition coefficient (Wildman–Crippen LogP) is 1.59. The van der Waals surface area contributed by atoms with Gasteiger partial charge in [-0.05, 0) is 24.6 Å². The summed E-state index contributed by atoms with van der Waals surface area (Å²) in [4.78, 5) is 4.08. The van der Waals surface area contributed by atoms with Crippen LogP contribution in [-0.4, -0.2) is 19.6 Å². The fourth-order valence-electron chi connectivity index (χ4n) is 1.57. The van der Waals surface area contributed by atoms with E-state index in [-0.39, 0.29) is 0 Å². The van der Waals surface area contributed by atoms with Crippen LogP contribution in [0.1, 0.15) is 5.56 Å². The second kappa shape index (κ2) is 2.51. The average molecular weight is 184 g/mol. The molecule has 0 atom stereocenters. The van der Waals surface area contributed by atoms with Crippen LogP contribution >= 0.6 is 0 Å². The van der Waals surface area contributed by atoms with Crippen LogP contribution in [0.4, 0.5) is 0 Å². The molecule has 0 unspecified atom stereocenters. The number of imidazole rings is 1. The molecule has 2 aromatic heterocycles. The molecule has 0 aliphatic carbocycles. The van der Waals surface area contributed by atoms with Crippen LogP contribution in [0.25, 0.3) is 16.8 Å². The number of benzene rings is 1. The summed E-state index contributed by atoms with van der Waals surface area (Å²) in [7, 11) is 0. The quantitative estimate of drug-likeness (QED) is 0.532. The first-order valence-corrected chi connectivity index (χ1v) is 4.41. The van der Waals surface area contributed by atoms with Gasteiger partial charge in [-0.15, -0.1) is 10.2 Å². The zero-order valence-electron chi connectivity index (χ0n) is 7.68. The minimum Gasteiger partial charge on any atom is -0.281 e. The zero-order chi connectivity index (χ0) is 9.54. The molecule has 0 spiro atoms. The molecule has 0 amide bonds. The molecular formula is C10H8N4. The largest absolute Gasteiger partial charge is 0.281 e. The van der Waals surface area contributed by atoms with Gasteiger partial charge in [-0.3, -0.25) is 4.40 Å². The van der Waals surface area contributed by atoms with E-state index in [4.69, 9.17) is 0 Å². The maximum atomic E-state index is 4.11. The van der Waals surface area contributed by atoms with E-state index in [1.54, 1.807) is 6.20 Å². The van der Waals surface area contributed by atoms with Gasteiger partial charge in [0.15, 0.2) is 0 Å². The van der Waals surface area contributed by atoms with Crippen LogP contribution in [0, 0.1) is 6.92 Å². The number of nitrogens with zero attached hydrogens (tertiary/aromatic N) is 4. The topological polar surface area (TPSA) is 43.1 Å². The van der Waals surface area contributed by atoms with Gasteiger partial charge < -0.3 is 0 Å². The Labute approximate surface area is 80.2 Å². The van der Waals surface area contributed by atoms with Crippen LogP contribution in [0.15, 0.2) is 30.6 Å². The molecule has 0 N–H and O–H groups in total. The van der Waals surface area contributed by atoms with E-state index in [0.29, 0.717) is 5.78 Å². The summed E-state index contributed by atoms with van der Waals surface area (Å²) >= 11 is 0. The minimum atomic E-state index is 0.640. The van der Waals surface area contributed by atoms with Crippen molar-refractivity contribution in [1.29, 1.82) is 0 Å². The smallest absolute Gasteiger partial charge is 0.254 e. The summed E-state index contributed by atoms with van der Waals surface area (Å²) in [5, 5.41) is 8.12. The second-order valence-electron chi connectivity index (χ2n) is 3.29. The van der Waals surface area contributed by atoms with Crippen molar-refractivity contribution in [3.8, 4) is 0 Å². The Morgan fingerprint density at radius 3 is 3.07 bits per heavy atom. The Kier molecular flexibility index (Phi) is 1.33. The van der Waals surface area contributed by atoms with Crippen molar-refractivity contribution >= 4 is 16.8 Å². The van der Waals surface area contributed by atoms with Crippen LogP contribution in [0.3, 0.4) is 0 Å². The average Bonchev–Trinajstić information content (AvgIpc) is 2.65. The number of fused-ring (bicyclic) bond motifs is 3. The third-order valence-electron chi connectivity index (χ3n) is 2.26. The van der Waals surface area contributed by atoms with Crippen molar-refractivity contribution < 1.29 is 0 Å². The van der Waals surface area contributed by atoms with E-state index in [1.807, 2.05) is 29.7 Å². The molecule has 0 radical (unpaired) electrons. The van der Waals surface area contributed by atoms with E-state index in [0.717, 1.165) is 11.0 Å². The molecule has 1 aromatic carbocycles. The van der Waals surface area contributed by atoms with Gasteiger partial charge in [0.05, 0.1) is 5.52 Å². The summed E-state index contributed by atoms with van der Waals surface area (Å²) in [6, 6.07) is 6.11. The lowest BCUT2D eigenvalue weighted by Crippen LogP contribution is -1.94. The van der Waals surface area contributed by atoms with E-state index >= 15 is 0 Å². The Balaban J connectivity index is 2.57. The van der Waals surface area contributed by atoms with Gasteiger partial charge in [0.25, 0.3) is 5.78 Å². The minimum absolute atomic E-state index is 0.640. The van der Waals surface area contributed by atoms with Gasteiger partial charge in [-0.2, -0.15) is 0 Å². The third-order valence-corrected chi connectivity index (χ3v) is 2.26. The lowest BCUT2D eigenvalue weighted by molar-refractivity contribution is 1.02. The maximum Gasteiger partial charge on any atom is 0.254 e.